The largest absolute Gasteiger partial charge is 0.486 e. The molecular weight excluding hydrogens is 346 g/mol. The average molecular weight is 363 g/mol. The maximum Gasteiger partial charge on any atom is 0.280 e. The Bertz CT molecular complexity index is 878. The number of para-hydroxylation sites is 1. The van der Waals surface area contributed by atoms with Crippen molar-refractivity contribution in [2.75, 3.05) is 0 Å². The van der Waals surface area contributed by atoms with Gasteiger partial charge in [-0.05, 0) is 50.5 Å². The van der Waals surface area contributed by atoms with E-state index < -0.39 is 6.43 Å². The minimum absolute atomic E-state index is 0.0990. The lowest BCUT2D eigenvalue weighted by Crippen LogP contribution is -2.28. The van der Waals surface area contributed by atoms with E-state index >= 15 is 0 Å². The summed E-state index contributed by atoms with van der Waals surface area (Å²) in [4.78, 5) is 8.94. The number of nitrogens with zero attached hydrogens (tertiary/aromatic N) is 2. The Morgan fingerprint density at radius 1 is 1.32 bits per heavy atom. The summed E-state index contributed by atoms with van der Waals surface area (Å²) in [6, 6.07) is 7.22. The highest BCUT2D eigenvalue weighted by molar-refractivity contribution is 6.33. The number of halogens is 3. The van der Waals surface area contributed by atoms with Gasteiger partial charge in [0.25, 0.3) is 6.43 Å². The van der Waals surface area contributed by atoms with Gasteiger partial charge < -0.3 is 4.74 Å². The van der Waals surface area contributed by atoms with E-state index in [9.17, 15) is 8.78 Å². The highest BCUT2D eigenvalue weighted by Gasteiger charge is 2.51. The molecule has 0 unspecified atom stereocenters. The van der Waals surface area contributed by atoms with Gasteiger partial charge in [-0.2, -0.15) is 0 Å². The maximum absolute atomic E-state index is 13.0. The van der Waals surface area contributed by atoms with E-state index in [1.165, 1.54) is 6.20 Å². The molecule has 2 heterocycles. The van der Waals surface area contributed by atoms with Gasteiger partial charge >= 0.3 is 0 Å². The van der Waals surface area contributed by atoms with Crippen molar-refractivity contribution in [3.63, 3.8) is 0 Å². The van der Waals surface area contributed by atoms with Gasteiger partial charge in [-0.25, -0.2) is 8.78 Å². The summed E-state index contributed by atoms with van der Waals surface area (Å²) in [5.41, 5.74) is 2.16. The molecule has 0 amide bonds. The second-order valence-corrected chi connectivity index (χ2v) is 7.07. The number of hydrogen-bond donors (Lipinski definition) is 0. The van der Waals surface area contributed by atoms with E-state index in [1.54, 1.807) is 19.1 Å². The molecule has 1 saturated carbocycles. The van der Waals surface area contributed by atoms with Crippen LogP contribution in [0.2, 0.25) is 5.02 Å². The zero-order valence-corrected chi connectivity index (χ0v) is 14.6. The summed E-state index contributed by atoms with van der Waals surface area (Å²) in [6.07, 6.45) is 0.641. The molecule has 2 aliphatic rings. The van der Waals surface area contributed by atoms with Crippen LogP contribution in [0.25, 0.3) is 0 Å². The van der Waals surface area contributed by atoms with Crippen molar-refractivity contribution < 1.29 is 13.5 Å². The molecule has 6 heteroatoms. The van der Waals surface area contributed by atoms with E-state index in [0.717, 1.165) is 18.4 Å². The van der Waals surface area contributed by atoms with Crippen molar-refractivity contribution in [3.05, 3.63) is 57.9 Å². The molecule has 1 aromatic heterocycles. The summed E-state index contributed by atoms with van der Waals surface area (Å²) < 4.78 is 32.1. The fourth-order valence-corrected chi connectivity index (χ4v) is 3.50. The molecule has 2 aromatic rings. The Kier molecular flexibility index (Phi) is 3.80. The number of aryl methyl sites for hydroxylation is 1. The van der Waals surface area contributed by atoms with Gasteiger partial charge in [-0.15, -0.1) is 0 Å². The first-order chi connectivity index (χ1) is 11.9. The average Bonchev–Trinajstić information content (AvgIpc) is 3.36. The number of fused-ring (bicyclic) bond motifs is 1. The van der Waals surface area contributed by atoms with Gasteiger partial charge in [-0.1, -0.05) is 17.7 Å². The highest BCUT2D eigenvalue weighted by Crippen LogP contribution is 2.48. The summed E-state index contributed by atoms with van der Waals surface area (Å²) in [5, 5.41) is 0.517. The molecule has 1 aliphatic heterocycles. The lowest BCUT2D eigenvalue weighted by atomic mass is 10.0. The van der Waals surface area contributed by atoms with Gasteiger partial charge in [0.1, 0.15) is 17.5 Å². The van der Waals surface area contributed by atoms with Gasteiger partial charge in [0.15, 0.2) is 0 Å². The molecule has 0 bridgehead atoms. The van der Waals surface area contributed by atoms with Crippen LogP contribution in [0.4, 0.5) is 8.78 Å². The monoisotopic (exact) mass is 362 g/mol. The number of rotatable bonds is 2. The van der Waals surface area contributed by atoms with Crippen LogP contribution >= 0.6 is 11.6 Å². The van der Waals surface area contributed by atoms with E-state index in [0.29, 0.717) is 27.6 Å². The van der Waals surface area contributed by atoms with Crippen LogP contribution in [0, 0.1) is 6.92 Å². The van der Waals surface area contributed by atoms with Crippen LogP contribution in [0.1, 0.15) is 48.6 Å². The SMILES string of the molecule is Cc1cc(C2=NC3(CC3)[C@@H](C)Oc3c(Cl)cccc32)cnc1C(F)F. The van der Waals surface area contributed by atoms with Crippen LogP contribution in [0.15, 0.2) is 35.5 Å². The van der Waals surface area contributed by atoms with Crippen molar-refractivity contribution in [1.82, 2.24) is 4.98 Å². The van der Waals surface area contributed by atoms with E-state index in [1.807, 2.05) is 19.1 Å². The quantitative estimate of drug-likeness (QED) is 0.742. The number of aromatic nitrogens is 1. The Hall–Kier alpha value is -2.01. The standard InChI is InChI=1S/C19H17ClF2N2O/c1-10-8-12(9-23-15(10)18(21)22)16-13-4-3-5-14(20)17(13)25-11(2)19(24-16)6-7-19/h3-5,8-9,11,18H,6-7H2,1-2H3/t11-/m1/s1. The first-order valence-electron chi connectivity index (χ1n) is 8.22. The first-order valence-corrected chi connectivity index (χ1v) is 8.59. The zero-order valence-electron chi connectivity index (χ0n) is 13.9. The molecular formula is C19H17ClF2N2O. The number of pyridine rings is 1. The predicted octanol–water partition coefficient (Wildman–Crippen LogP) is 5.13. The third kappa shape index (κ3) is 2.71. The van der Waals surface area contributed by atoms with Crippen LogP contribution in [0.3, 0.4) is 0 Å². The molecule has 1 aliphatic carbocycles. The third-order valence-corrected chi connectivity index (χ3v) is 5.27. The molecule has 1 atom stereocenters. The van der Waals surface area contributed by atoms with Gasteiger partial charge in [0.05, 0.1) is 16.3 Å². The van der Waals surface area contributed by atoms with E-state index in [2.05, 4.69) is 4.98 Å². The molecule has 25 heavy (non-hydrogen) atoms. The second-order valence-electron chi connectivity index (χ2n) is 6.67. The minimum atomic E-state index is -2.59. The lowest BCUT2D eigenvalue weighted by molar-refractivity contribution is 0.145. The fourth-order valence-electron chi connectivity index (χ4n) is 3.29. The number of benzene rings is 1. The minimum Gasteiger partial charge on any atom is -0.486 e. The van der Waals surface area contributed by atoms with E-state index in [4.69, 9.17) is 21.3 Å². The molecule has 1 spiro atoms. The second kappa shape index (κ2) is 5.77. The summed E-state index contributed by atoms with van der Waals surface area (Å²) in [6.45, 7) is 3.64. The number of aliphatic imine (C=N–C) groups is 1. The Morgan fingerprint density at radius 2 is 2.08 bits per heavy atom. The third-order valence-electron chi connectivity index (χ3n) is 4.97. The van der Waals surface area contributed by atoms with Crippen molar-refractivity contribution in [2.24, 2.45) is 4.99 Å². The molecule has 130 valence electrons. The van der Waals surface area contributed by atoms with Gasteiger partial charge in [0, 0.05) is 17.3 Å². The smallest absolute Gasteiger partial charge is 0.280 e. The van der Waals surface area contributed by atoms with Crippen molar-refractivity contribution >= 4 is 17.3 Å². The van der Waals surface area contributed by atoms with Crippen LogP contribution in [0.5, 0.6) is 5.75 Å². The highest BCUT2D eigenvalue weighted by atomic mass is 35.5. The van der Waals surface area contributed by atoms with Crippen molar-refractivity contribution in [3.8, 4) is 5.75 Å². The van der Waals surface area contributed by atoms with E-state index in [-0.39, 0.29) is 17.3 Å². The number of hydrogen-bond acceptors (Lipinski definition) is 3. The summed E-state index contributed by atoms with van der Waals surface area (Å²) in [7, 11) is 0. The van der Waals surface area contributed by atoms with Gasteiger partial charge in [0.2, 0.25) is 0 Å². The lowest BCUT2D eigenvalue weighted by Gasteiger charge is -2.19. The predicted molar refractivity (Wildman–Crippen MR) is 93.1 cm³/mol. The molecule has 1 aromatic carbocycles. The molecule has 0 N–H and O–H groups in total. The maximum atomic E-state index is 13.0. The Labute approximate surface area is 149 Å². The molecule has 4 rings (SSSR count). The molecule has 0 saturated heterocycles. The molecule has 0 radical (unpaired) electrons. The van der Waals surface area contributed by atoms with Crippen molar-refractivity contribution in [1.29, 1.82) is 0 Å². The molecule has 3 nitrogen and oxygen atoms in total. The zero-order chi connectivity index (χ0) is 17.8. The Morgan fingerprint density at radius 3 is 2.72 bits per heavy atom. The normalized spacial score (nSPS) is 20.7. The van der Waals surface area contributed by atoms with Crippen LogP contribution in [-0.2, 0) is 0 Å². The Balaban J connectivity index is 1.90. The van der Waals surface area contributed by atoms with Crippen molar-refractivity contribution in [2.45, 2.75) is 44.8 Å². The van der Waals surface area contributed by atoms with Gasteiger partial charge in [-0.3, -0.25) is 9.98 Å². The first kappa shape index (κ1) is 16.5. The number of alkyl halides is 2. The summed E-state index contributed by atoms with van der Waals surface area (Å²) >= 11 is 6.35. The topological polar surface area (TPSA) is 34.5 Å². The summed E-state index contributed by atoms with van der Waals surface area (Å²) in [5.74, 6) is 0.592. The fraction of sp³-hybridized carbons (Fsp3) is 0.368. The van der Waals surface area contributed by atoms with Crippen LogP contribution < -0.4 is 4.74 Å². The van der Waals surface area contributed by atoms with Crippen LogP contribution in [-0.4, -0.2) is 22.3 Å². The number of ether oxygens (including phenoxy) is 1. The molecule has 1 fully saturated rings.